The number of benzene rings is 1. The van der Waals surface area contributed by atoms with Crippen molar-refractivity contribution in [3.8, 4) is 0 Å². The zero-order valence-electron chi connectivity index (χ0n) is 9.78. The fourth-order valence-electron chi connectivity index (χ4n) is 1.87. The van der Waals surface area contributed by atoms with Gasteiger partial charge in [0.05, 0.1) is 15.4 Å². The maximum Gasteiger partial charge on any atom is 0.416 e. The van der Waals surface area contributed by atoms with Crippen LogP contribution in [0.4, 0.5) is 13.2 Å². The molecule has 0 radical (unpaired) electrons. The molecule has 1 aliphatic rings. The van der Waals surface area contributed by atoms with E-state index >= 15 is 0 Å². The lowest BCUT2D eigenvalue weighted by molar-refractivity contribution is -0.137. The predicted octanol–water partition coefficient (Wildman–Crippen LogP) is 2.81. The van der Waals surface area contributed by atoms with E-state index in [0.29, 0.717) is 0 Å². The molecule has 3 nitrogen and oxygen atoms in total. The molecule has 0 spiro atoms. The van der Waals surface area contributed by atoms with Gasteiger partial charge in [-0.15, -0.1) is 0 Å². The largest absolute Gasteiger partial charge is 0.416 e. The summed E-state index contributed by atoms with van der Waals surface area (Å²) in [5, 5.41) is 0. The van der Waals surface area contributed by atoms with Gasteiger partial charge in [-0.2, -0.15) is 13.2 Å². The van der Waals surface area contributed by atoms with Gasteiger partial charge in [0.1, 0.15) is 5.78 Å². The number of rotatable bonds is 2. The first-order valence-corrected chi connectivity index (χ1v) is 6.77. The van der Waals surface area contributed by atoms with E-state index in [1.54, 1.807) is 0 Å². The molecule has 1 aromatic rings. The van der Waals surface area contributed by atoms with Gasteiger partial charge in [-0.3, -0.25) is 4.79 Å². The van der Waals surface area contributed by atoms with Crippen molar-refractivity contribution in [2.24, 2.45) is 0 Å². The molecule has 0 saturated carbocycles. The van der Waals surface area contributed by atoms with E-state index in [1.165, 1.54) is 6.92 Å². The minimum absolute atomic E-state index is 0.0222. The Morgan fingerprint density at radius 3 is 2.42 bits per heavy atom. The molecule has 19 heavy (non-hydrogen) atoms. The number of carbonyl (C=O) groups is 1. The molecule has 7 heteroatoms. The smallest absolute Gasteiger partial charge is 0.300 e. The molecule has 102 valence electrons. The Kier molecular flexibility index (Phi) is 3.04. The van der Waals surface area contributed by atoms with Crippen LogP contribution in [-0.4, -0.2) is 14.2 Å². The predicted molar refractivity (Wildman–Crippen MR) is 61.9 cm³/mol. The van der Waals surface area contributed by atoms with Crippen LogP contribution in [0.15, 0.2) is 28.0 Å². The van der Waals surface area contributed by atoms with Crippen LogP contribution in [0.25, 0.3) is 6.08 Å². The normalized spacial score (nSPS) is 16.9. The summed E-state index contributed by atoms with van der Waals surface area (Å²) < 4.78 is 61.6. The Labute approximate surface area is 107 Å². The summed E-state index contributed by atoms with van der Waals surface area (Å²) in [5.74, 6) is -0.362. The van der Waals surface area contributed by atoms with Crippen LogP contribution in [0.5, 0.6) is 0 Å². The lowest BCUT2D eigenvalue weighted by Crippen LogP contribution is -2.07. The molecular weight excluding hydrogens is 281 g/mol. The van der Waals surface area contributed by atoms with Crippen LogP contribution in [0, 0.1) is 0 Å². The number of allylic oxidation sites excluding steroid dienone is 1. The summed E-state index contributed by atoms with van der Waals surface area (Å²) in [6.07, 6.45) is -3.71. The minimum atomic E-state index is -4.53. The van der Waals surface area contributed by atoms with Crippen molar-refractivity contribution in [1.82, 2.24) is 0 Å². The average molecular weight is 290 g/mol. The van der Waals surface area contributed by atoms with Gasteiger partial charge >= 0.3 is 6.18 Å². The van der Waals surface area contributed by atoms with E-state index in [2.05, 4.69) is 0 Å². The van der Waals surface area contributed by atoms with Crippen LogP contribution >= 0.6 is 0 Å². The fraction of sp³-hybridized carbons (Fsp3) is 0.250. The first kappa shape index (κ1) is 13.8. The second-order valence-electron chi connectivity index (χ2n) is 4.24. The Balaban J connectivity index is 2.55. The number of Topliss-reactive ketones (excluding diaryl/α,β-unsaturated/α-hetero) is 1. The summed E-state index contributed by atoms with van der Waals surface area (Å²) in [6.45, 7) is 1.22. The van der Waals surface area contributed by atoms with Crippen molar-refractivity contribution in [2.75, 3.05) is 0 Å². The molecule has 2 rings (SSSR count). The number of fused-ring (bicyclic) bond motifs is 1. The third kappa shape index (κ3) is 2.42. The lowest BCUT2D eigenvalue weighted by atomic mass is 10.1. The molecule has 0 saturated heterocycles. The minimum Gasteiger partial charge on any atom is -0.300 e. The molecule has 0 bridgehead atoms. The SMILES string of the molecule is CC(=O)CC1=Cc2cc(C(F)(F)F)ccc2S1(=O)=O. The van der Waals surface area contributed by atoms with Gasteiger partial charge in [-0.1, -0.05) is 0 Å². The Hall–Kier alpha value is -1.63. The van der Waals surface area contributed by atoms with Crippen molar-refractivity contribution >= 4 is 21.7 Å². The summed E-state index contributed by atoms with van der Waals surface area (Å²) in [4.78, 5) is 10.6. The average Bonchev–Trinajstić information content (AvgIpc) is 2.48. The van der Waals surface area contributed by atoms with Crippen molar-refractivity contribution in [2.45, 2.75) is 24.4 Å². The van der Waals surface area contributed by atoms with E-state index in [9.17, 15) is 26.4 Å². The first-order valence-electron chi connectivity index (χ1n) is 5.29. The molecule has 0 aromatic heterocycles. The van der Waals surface area contributed by atoms with Crippen LogP contribution in [0.1, 0.15) is 24.5 Å². The standard InChI is InChI=1S/C12H9F3O3S/c1-7(16)4-10-6-8-5-9(12(13,14)15)2-3-11(8)19(10,17)18/h2-3,5-6H,4H2,1H3. The summed E-state index contributed by atoms with van der Waals surface area (Å²) >= 11 is 0. The lowest BCUT2D eigenvalue weighted by Gasteiger charge is -2.07. The fourth-order valence-corrected chi connectivity index (χ4v) is 3.50. The van der Waals surface area contributed by atoms with E-state index < -0.39 is 21.6 Å². The van der Waals surface area contributed by atoms with Crippen molar-refractivity contribution in [3.63, 3.8) is 0 Å². The molecule has 0 atom stereocenters. The molecule has 0 fully saturated rings. The molecule has 1 aromatic carbocycles. The van der Waals surface area contributed by atoms with E-state index in [4.69, 9.17) is 0 Å². The number of halogens is 3. The Bertz CT molecular complexity index is 685. The third-order valence-corrected chi connectivity index (χ3v) is 4.61. The number of carbonyl (C=O) groups excluding carboxylic acids is 1. The Morgan fingerprint density at radius 1 is 1.26 bits per heavy atom. The Morgan fingerprint density at radius 2 is 1.89 bits per heavy atom. The zero-order valence-corrected chi connectivity index (χ0v) is 10.6. The topological polar surface area (TPSA) is 51.2 Å². The van der Waals surface area contributed by atoms with Gasteiger partial charge in [-0.25, -0.2) is 8.42 Å². The van der Waals surface area contributed by atoms with Crippen LogP contribution < -0.4 is 0 Å². The van der Waals surface area contributed by atoms with Gasteiger partial charge in [0, 0.05) is 6.42 Å². The number of alkyl halides is 3. The quantitative estimate of drug-likeness (QED) is 0.841. The summed E-state index contributed by atoms with van der Waals surface area (Å²) in [5.41, 5.74) is -0.937. The summed E-state index contributed by atoms with van der Waals surface area (Å²) in [6, 6.07) is 2.43. The maximum absolute atomic E-state index is 12.5. The van der Waals surface area contributed by atoms with E-state index in [-0.39, 0.29) is 27.6 Å². The second-order valence-corrected chi connectivity index (χ2v) is 6.21. The van der Waals surface area contributed by atoms with Crippen molar-refractivity contribution < 1.29 is 26.4 Å². The number of sulfone groups is 1. The van der Waals surface area contributed by atoms with E-state index in [1.807, 2.05) is 0 Å². The highest BCUT2D eigenvalue weighted by Gasteiger charge is 2.35. The van der Waals surface area contributed by atoms with Crippen molar-refractivity contribution in [3.05, 3.63) is 34.2 Å². The number of hydrogen-bond acceptors (Lipinski definition) is 3. The van der Waals surface area contributed by atoms with Gasteiger partial charge in [0.2, 0.25) is 9.84 Å². The molecule has 0 aliphatic carbocycles. The molecule has 0 unspecified atom stereocenters. The highest BCUT2D eigenvalue weighted by atomic mass is 32.2. The summed E-state index contributed by atoms with van der Waals surface area (Å²) in [7, 11) is -3.83. The van der Waals surface area contributed by atoms with E-state index in [0.717, 1.165) is 24.3 Å². The monoisotopic (exact) mass is 290 g/mol. The second kappa shape index (κ2) is 4.19. The molecule has 0 amide bonds. The van der Waals surface area contributed by atoms with Gasteiger partial charge in [-0.05, 0) is 36.8 Å². The number of hydrogen-bond donors (Lipinski definition) is 0. The maximum atomic E-state index is 12.5. The zero-order chi connectivity index (χ0) is 14.4. The van der Waals surface area contributed by atoms with Crippen LogP contribution in [0.2, 0.25) is 0 Å². The van der Waals surface area contributed by atoms with Crippen LogP contribution in [0.3, 0.4) is 0 Å². The molecule has 1 heterocycles. The highest BCUT2D eigenvalue weighted by molar-refractivity contribution is 7.95. The van der Waals surface area contributed by atoms with Gasteiger partial charge in [0.25, 0.3) is 0 Å². The van der Waals surface area contributed by atoms with Gasteiger partial charge in [0.15, 0.2) is 0 Å². The molecular formula is C12H9F3O3S. The van der Waals surface area contributed by atoms with Gasteiger partial charge < -0.3 is 0 Å². The third-order valence-electron chi connectivity index (χ3n) is 2.71. The first-order chi connectivity index (χ1) is 8.62. The highest BCUT2D eigenvalue weighted by Crippen LogP contribution is 2.38. The number of ketones is 1. The molecule has 1 aliphatic heterocycles. The molecule has 0 N–H and O–H groups in total. The van der Waals surface area contributed by atoms with Crippen molar-refractivity contribution in [1.29, 1.82) is 0 Å². The van der Waals surface area contributed by atoms with Crippen LogP contribution in [-0.2, 0) is 20.8 Å².